The van der Waals surface area contributed by atoms with Gasteiger partial charge in [-0.2, -0.15) is 0 Å². The van der Waals surface area contributed by atoms with Gasteiger partial charge in [-0.1, -0.05) is 154 Å². The second-order valence-corrected chi connectivity index (χ2v) is 18.7. The van der Waals surface area contributed by atoms with Gasteiger partial charge in [-0.25, -0.2) is 14.5 Å². The van der Waals surface area contributed by atoms with Crippen LogP contribution in [0.5, 0.6) is 0 Å². The van der Waals surface area contributed by atoms with E-state index in [-0.39, 0.29) is 30.6 Å². The molecule has 0 spiro atoms. The molecular formula is C47H81N4O12P. The highest BCUT2D eigenvalue weighted by atomic mass is 31.2. The molecule has 0 radical (unpaired) electrons. The van der Waals surface area contributed by atoms with Crippen molar-refractivity contribution < 1.29 is 52.5 Å². The van der Waals surface area contributed by atoms with Gasteiger partial charge in [0, 0.05) is 12.8 Å². The fraction of sp³-hybridized carbons (Fsp3) is 0.809. The molecule has 1 unspecified atom stereocenters. The lowest BCUT2D eigenvalue weighted by Crippen LogP contribution is -2.34. The standard InChI is InChI=1S/C47H81N4O12P/c1-3-5-7-9-11-13-15-17-18-20-22-24-26-28-30-32-41(53)62-38(33-59-40(52)31-29-27-25-23-21-19-16-14-12-10-8-6-4-2)34-60-64(57,58)61-35-39-43(54)44(55)47(63-39)51-37-50-42-45(51)48-36-49-46(42)56/h17-18,36-39,43-44,47,54-55H,3-16,19-35H2,1-2H3,(H,57,58)(H,48,49,56)/b18-17-/t38-,39-,43-,44-,47-/m1/s1. The van der Waals surface area contributed by atoms with Crippen LogP contribution in [0.15, 0.2) is 29.6 Å². The number of aromatic amines is 1. The van der Waals surface area contributed by atoms with Gasteiger partial charge in [0.25, 0.3) is 5.56 Å². The number of carbonyl (C=O) groups excluding carboxylic acids is 2. The number of fused-ring (bicyclic) bond motifs is 1. The molecule has 4 N–H and O–H groups in total. The Hall–Kier alpha value is -2.98. The summed E-state index contributed by atoms with van der Waals surface area (Å²) in [5, 5.41) is 21.4. The lowest BCUT2D eigenvalue weighted by atomic mass is 10.0. The summed E-state index contributed by atoms with van der Waals surface area (Å²) in [6.45, 7) is 2.81. The molecule has 16 nitrogen and oxygen atoms in total. The number of allylic oxidation sites excluding steroid dienone is 2. The molecule has 17 heteroatoms. The zero-order valence-corrected chi connectivity index (χ0v) is 39.8. The van der Waals surface area contributed by atoms with Gasteiger partial charge >= 0.3 is 19.8 Å². The van der Waals surface area contributed by atoms with Gasteiger partial charge in [0.05, 0.1) is 25.9 Å². The van der Waals surface area contributed by atoms with Crippen LogP contribution >= 0.6 is 7.82 Å². The predicted octanol–water partition coefficient (Wildman–Crippen LogP) is 9.85. The molecule has 2 aromatic heterocycles. The van der Waals surface area contributed by atoms with Crippen molar-refractivity contribution in [3.05, 3.63) is 35.2 Å². The van der Waals surface area contributed by atoms with Crippen molar-refractivity contribution in [2.75, 3.05) is 19.8 Å². The van der Waals surface area contributed by atoms with Crippen molar-refractivity contribution in [3.63, 3.8) is 0 Å². The van der Waals surface area contributed by atoms with Crippen molar-refractivity contribution in [1.82, 2.24) is 19.5 Å². The molecule has 0 aliphatic carbocycles. The Kier molecular flexibility index (Phi) is 29.0. The molecule has 1 fully saturated rings. The first-order chi connectivity index (χ1) is 31.1. The molecule has 2 aromatic rings. The van der Waals surface area contributed by atoms with Crippen molar-refractivity contribution in [2.24, 2.45) is 0 Å². The Labute approximate surface area is 381 Å². The Morgan fingerprint density at radius 2 is 1.25 bits per heavy atom. The summed E-state index contributed by atoms with van der Waals surface area (Å²) in [6, 6.07) is 0. The molecule has 3 rings (SSSR count). The number of nitrogens with zero attached hydrogens (tertiary/aromatic N) is 3. The minimum absolute atomic E-state index is 0.00561. The van der Waals surface area contributed by atoms with E-state index in [9.17, 15) is 34.1 Å². The Morgan fingerprint density at radius 3 is 1.81 bits per heavy atom. The summed E-state index contributed by atoms with van der Waals surface area (Å²) in [5.74, 6) is -1.01. The third kappa shape index (κ3) is 23.0. The lowest BCUT2D eigenvalue weighted by molar-refractivity contribution is -0.161. The van der Waals surface area contributed by atoms with E-state index in [1.165, 1.54) is 107 Å². The molecule has 1 aliphatic heterocycles. The first-order valence-electron chi connectivity index (χ1n) is 24.6. The van der Waals surface area contributed by atoms with Crippen molar-refractivity contribution in [3.8, 4) is 0 Å². The number of esters is 2. The van der Waals surface area contributed by atoms with Crippen LogP contribution in [0, 0.1) is 0 Å². The van der Waals surface area contributed by atoms with E-state index in [0.29, 0.717) is 12.8 Å². The zero-order chi connectivity index (χ0) is 46.3. The van der Waals surface area contributed by atoms with Crippen LogP contribution in [0.3, 0.4) is 0 Å². The average Bonchev–Trinajstić information content (AvgIpc) is 3.84. The van der Waals surface area contributed by atoms with Gasteiger partial charge in [0.2, 0.25) is 0 Å². The molecule has 1 saturated heterocycles. The summed E-state index contributed by atoms with van der Waals surface area (Å²) >= 11 is 0. The van der Waals surface area contributed by atoms with Crippen LogP contribution in [0.2, 0.25) is 0 Å². The Bertz CT molecular complexity index is 1690. The first-order valence-corrected chi connectivity index (χ1v) is 26.1. The fourth-order valence-corrected chi connectivity index (χ4v) is 8.54. The maximum absolute atomic E-state index is 13.0. The highest BCUT2D eigenvalue weighted by molar-refractivity contribution is 7.47. The monoisotopic (exact) mass is 925 g/mol. The van der Waals surface area contributed by atoms with Crippen LogP contribution in [0.4, 0.5) is 0 Å². The van der Waals surface area contributed by atoms with Crippen LogP contribution in [0.25, 0.3) is 11.2 Å². The van der Waals surface area contributed by atoms with E-state index >= 15 is 0 Å². The van der Waals surface area contributed by atoms with Crippen molar-refractivity contribution in [2.45, 2.75) is 224 Å². The number of nitrogens with one attached hydrogen (secondary N) is 1. The number of aliphatic hydroxyl groups excluding tert-OH is 2. The van der Waals surface area contributed by atoms with E-state index < -0.39 is 69.2 Å². The number of phosphoric ester groups is 1. The summed E-state index contributed by atoms with van der Waals surface area (Å²) < 4.78 is 41.3. The molecule has 0 bridgehead atoms. The third-order valence-electron chi connectivity index (χ3n) is 11.7. The molecule has 64 heavy (non-hydrogen) atoms. The van der Waals surface area contributed by atoms with E-state index in [1.54, 1.807) is 0 Å². The number of aromatic nitrogens is 4. The molecule has 0 saturated carbocycles. The number of hydrogen-bond acceptors (Lipinski definition) is 13. The van der Waals surface area contributed by atoms with Gasteiger partial charge in [0.1, 0.15) is 24.9 Å². The number of ether oxygens (including phenoxy) is 3. The largest absolute Gasteiger partial charge is 0.472 e. The SMILES string of the molecule is CCCCCCCC/C=C\CCCCCCCC(=O)O[C@H](COC(=O)CCCCCCCCCCCCCCC)COP(=O)(O)OC[C@H]1O[C@@H](n2cnc3c(=O)[nH]cnc32)[C@H](O)[C@@H]1O. The smallest absolute Gasteiger partial charge is 0.462 e. The number of phosphoric acid groups is 1. The van der Waals surface area contributed by atoms with Gasteiger partial charge < -0.3 is 34.3 Å². The second kappa shape index (κ2) is 33.5. The predicted molar refractivity (Wildman–Crippen MR) is 246 cm³/mol. The minimum Gasteiger partial charge on any atom is -0.462 e. The van der Waals surface area contributed by atoms with Crippen LogP contribution < -0.4 is 5.56 Å². The molecule has 1 aliphatic rings. The number of hydrogen-bond donors (Lipinski definition) is 4. The van der Waals surface area contributed by atoms with E-state index in [2.05, 4.69) is 41.0 Å². The highest BCUT2D eigenvalue weighted by Gasteiger charge is 2.45. The maximum atomic E-state index is 13.0. The molecule has 0 amide bonds. The lowest BCUT2D eigenvalue weighted by Gasteiger charge is -2.21. The number of unbranched alkanes of at least 4 members (excludes halogenated alkanes) is 23. The third-order valence-corrected chi connectivity index (χ3v) is 12.6. The fourth-order valence-electron chi connectivity index (χ4n) is 7.77. The van der Waals surface area contributed by atoms with Gasteiger partial charge in [0.15, 0.2) is 23.5 Å². The van der Waals surface area contributed by atoms with Gasteiger partial charge in [-0.15, -0.1) is 0 Å². The summed E-state index contributed by atoms with van der Waals surface area (Å²) in [4.78, 5) is 58.6. The average molecular weight is 925 g/mol. The molecular weight excluding hydrogens is 844 g/mol. The first kappa shape index (κ1) is 55.3. The summed E-state index contributed by atoms with van der Waals surface area (Å²) in [5.41, 5.74) is -0.416. The van der Waals surface area contributed by atoms with Gasteiger partial charge in [-0.3, -0.25) is 28.0 Å². The maximum Gasteiger partial charge on any atom is 0.472 e. The Balaban J connectivity index is 1.40. The minimum atomic E-state index is -4.85. The van der Waals surface area contributed by atoms with E-state index in [0.717, 1.165) is 64.1 Å². The molecule has 3 heterocycles. The number of rotatable bonds is 39. The van der Waals surface area contributed by atoms with E-state index in [1.807, 2.05) is 0 Å². The number of carbonyl (C=O) groups is 2. The quantitative estimate of drug-likeness (QED) is 0.0212. The molecule has 366 valence electrons. The van der Waals surface area contributed by atoms with E-state index in [4.69, 9.17) is 23.3 Å². The van der Waals surface area contributed by atoms with Gasteiger partial charge in [-0.05, 0) is 38.5 Å². The second-order valence-electron chi connectivity index (χ2n) is 17.3. The number of H-pyrrole nitrogens is 1. The normalized spacial score (nSPS) is 19.1. The van der Waals surface area contributed by atoms with Crippen molar-refractivity contribution >= 4 is 30.9 Å². The Morgan fingerprint density at radius 1 is 0.734 bits per heavy atom. The zero-order valence-electron chi connectivity index (χ0n) is 38.9. The highest BCUT2D eigenvalue weighted by Crippen LogP contribution is 2.44. The summed E-state index contributed by atoms with van der Waals surface area (Å²) in [7, 11) is -4.85. The summed E-state index contributed by atoms with van der Waals surface area (Å²) in [6.07, 6.45) is 30.5. The molecule has 0 aromatic carbocycles. The van der Waals surface area contributed by atoms with Crippen LogP contribution in [0.1, 0.15) is 200 Å². The number of imidazole rings is 1. The topological polar surface area (TPSA) is 222 Å². The molecule has 6 atom stereocenters. The number of aliphatic hydroxyl groups is 2. The van der Waals surface area contributed by atoms with Crippen LogP contribution in [-0.2, 0) is 37.4 Å². The van der Waals surface area contributed by atoms with Crippen molar-refractivity contribution in [1.29, 1.82) is 0 Å². The van der Waals surface area contributed by atoms with Crippen LogP contribution in [-0.4, -0.2) is 90.8 Å².